The molecule has 0 aromatic rings. The molecular formula is C72H120N6O50. The SMILES string of the molecule is CC(=O)N[C@@H]1[C@H](O[C@@H]2[C@@H](O[C@@H]3[C@H](O)[C@H](O[C@H]4[C@H](O)[C@@H](NC(C)=O)[C@H](O[C@H]5[C@H](O)[C@@H](NC(C)=O)[C@H](O)O[C@@H]5CO[C@@H]5O[C@@H](C)[C@@H](O)[C@@H](O)[C@@H]5O)O[C@@H]4CO)O[C@H](CO[C@H]4O[C@H](CO)[C@@H](O)[C@H](O)[C@@H]4O[C@@H]4O[C@H](CO)[C@@H](O[C@@H]5O[C@H](CO)[C@H](O)[C@H](O)[C@H]5NC(C)=O)[C@H](O)[C@H]4NC(C)=O)[C@H]3O)O[C@H](CO)[C@@H](O)[C@@H]2O)O[C@H](CO)[C@@H](O[C@@H]2O[C@H](CO)[C@H](O)[C@H](O)[C@H]2NC(C)=O)[C@@H]1O. The first-order valence-corrected chi connectivity index (χ1v) is 41.0. The topological polar surface area (TPSA) is 856 Å². The Labute approximate surface area is 726 Å². The van der Waals surface area contributed by atoms with E-state index in [1.54, 1.807) is 0 Å². The second-order valence-electron chi connectivity index (χ2n) is 32.5. The molecule has 10 saturated heterocycles. The van der Waals surface area contributed by atoms with Gasteiger partial charge in [-0.15, -0.1) is 0 Å². The number of carbonyl (C=O) groups excluding carboxylic acids is 6. The minimum absolute atomic E-state index is 0.812. The van der Waals surface area contributed by atoms with E-state index in [-0.39, 0.29) is 0 Å². The van der Waals surface area contributed by atoms with Crippen molar-refractivity contribution in [1.29, 1.82) is 0 Å². The van der Waals surface area contributed by atoms with Crippen LogP contribution in [0.3, 0.4) is 0 Å². The Morgan fingerprint density at radius 2 is 0.484 bits per heavy atom. The van der Waals surface area contributed by atoms with Gasteiger partial charge in [0.1, 0.15) is 238 Å². The highest BCUT2D eigenvalue weighted by atomic mass is 16.8. The lowest BCUT2D eigenvalue weighted by atomic mass is 9.93. The average molecular weight is 1870 g/mol. The number of aliphatic hydroxyl groups is 25. The first kappa shape index (κ1) is 105. The molecule has 128 heavy (non-hydrogen) atoms. The lowest BCUT2D eigenvalue weighted by Gasteiger charge is -2.51. The maximum atomic E-state index is 13.3. The normalized spacial score (nSPS) is 47.8. The zero-order valence-electron chi connectivity index (χ0n) is 69.6. The van der Waals surface area contributed by atoms with Crippen LogP contribution in [-0.2, 0) is 119 Å². The zero-order valence-corrected chi connectivity index (χ0v) is 69.6. The van der Waals surface area contributed by atoms with Gasteiger partial charge in [0.05, 0.1) is 65.6 Å². The molecule has 10 fully saturated rings. The van der Waals surface area contributed by atoms with Crippen LogP contribution in [0.5, 0.6) is 0 Å². The molecule has 0 aliphatic carbocycles. The predicted octanol–water partition coefficient (Wildman–Crippen LogP) is -20.9. The Balaban J connectivity index is 0.993. The first-order valence-electron chi connectivity index (χ1n) is 41.0. The van der Waals surface area contributed by atoms with E-state index in [4.69, 9.17) is 90.0 Å². The molecule has 0 aromatic carbocycles. The Bertz CT molecular complexity index is 3550. The molecule has 10 rings (SSSR count). The molecule has 0 aromatic heterocycles. The molecule has 31 N–H and O–H groups in total. The van der Waals surface area contributed by atoms with Gasteiger partial charge in [0.2, 0.25) is 35.4 Å². The van der Waals surface area contributed by atoms with Crippen molar-refractivity contribution in [3.05, 3.63) is 0 Å². The number of rotatable bonds is 33. The van der Waals surface area contributed by atoms with E-state index in [0.29, 0.717) is 0 Å². The third-order valence-corrected chi connectivity index (χ3v) is 23.2. The van der Waals surface area contributed by atoms with Crippen molar-refractivity contribution in [2.75, 3.05) is 59.5 Å². The highest BCUT2D eigenvalue weighted by molar-refractivity contribution is 5.75. The third-order valence-electron chi connectivity index (χ3n) is 23.2. The van der Waals surface area contributed by atoms with Gasteiger partial charge in [-0.2, -0.15) is 0 Å². The van der Waals surface area contributed by atoms with Gasteiger partial charge in [-0.05, 0) is 6.92 Å². The van der Waals surface area contributed by atoms with Crippen LogP contribution in [0.25, 0.3) is 0 Å². The van der Waals surface area contributed by atoms with Gasteiger partial charge < -0.3 is 250 Å². The van der Waals surface area contributed by atoms with Crippen LogP contribution < -0.4 is 31.9 Å². The fourth-order valence-electron chi connectivity index (χ4n) is 16.6. The molecule has 10 aliphatic heterocycles. The van der Waals surface area contributed by atoms with Crippen LogP contribution >= 0.6 is 0 Å². The van der Waals surface area contributed by atoms with Gasteiger partial charge in [-0.25, -0.2) is 0 Å². The molecule has 6 amide bonds. The summed E-state index contributed by atoms with van der Waals surface area (Å²) in [6.45, 7) is -2.88. The fraction of sp³-hybridized carbons (Fsp3) is 0.917. The smallest absolute Gasteiger partial charge is 0.217 e. The summed E-state index contributed by atoms with van der Waals surface area (Å²) in [5, 5.41) is 297. The standard InChI is InChI=1S/C72H120N6O50/c1-17-39(92)51(104)54(107)69(112-17)110-16-32-59(47(100)33(63(109)113-32)73-18(2)86)124-66-36(76-21(5)89)50(103)58(30(14-85)118-66)125-70-55(108)60(126-72-62(53(106)43(96)27(11-82)117-72)128-68-38(78-23(7)91)49(102)57(29(13-84)120-68)123-65-35(75-20(4)88)46(99)41(94)25(9-80)115-65)44(97)31(121-70)15-111-71-61(52(105)42(95)26(10-81)116-71)127-67-37(77-22(6)90)48(101)56(28(12-83)119-67)122-64-34(74-19(3)87)45(98)40(93)24(8-79)114-64/h17,24-72,79-85,92-109H,8-16H2,1-7H3,(H,73,86)(H,74,87)(H,75,88)(H,76,89)(H,77,90)(H,78,91)/t17-,24+,25+,26+,27+,28+,29+,30+,31+,32+,33+,34+,35+,36+,37+,38-,39+,40-,41-,42+,43+,44+,45+,46+,47+,48+,49+,50+,51+,52-,53-,54-,55-,56+,57+,58+,59+,60-,61-,62-,63+,64-,65-,66-,67-,68-,69+,70-,71-,72+/m0/s1. The molecule has 0 radical (unpaired) electrons. The third kappa shape index (κ3) is 23.8. The highest BCUT2D eigenvalue weighted by Gasteiger charge is 2.62. The monoisotopic (exact) mass is 1870 g/mol. The summed E-state index contributed by atoms with van der Waals surface area (Å²) in [4.78, 5) is 76.8. The molecule has 0 spiro atoms. The van der Waals surface area contributed by atoms with Crippen molar-refractivity contribution in [1.82, 2.24) is 31.9 Å². The van der Waals surface area contributed by atoms with Crippen molar-refractivity contribution >= 4 is 35.4 Å². The molecule has 0 saturated carbocycles. The van der Waals surface area contributed by atoms with E-state index in [9.17, 15) is 156 Å². The molecule has 10 heterocycles. The summed E-state index contributed by atoms with van der Waals surface area (Å²) in [6, 6.07) is -11.1. The minimum Gasteiger partial charge on any atom is -0.394 e. The van der Waals surface area contributed by atoms with Gasteiger partial charge in [-0.1, -0.05) is 0 Å². The van der Waals surface area contributed by atoms with Gasteiger partial charge in [0.15, 0.2) is 62.9 Å². The van der Waals surface area contributed by atoms with E-state index in [1.807, 2.05) is 0 Å². The Kier molecular flexibility index (Phi) is 37.8. The van der Waals surface area contributed by atoms with E-state index in [1.165, 1.54) is 6.92 Å². The number of amides is 6. The van der Waals surface area contributed by atoms with Crippen LogP contribution in [0, 0.1) is 0 Å². The molecule has 10 aliphatic rings. The van der Waals surface area contributed by atoms with Gasteiger partial charge in [0, 0.05) is 41.5 Å². The number of carbonyl (C=O) groups is 6. The predicted molar refractivity (Wildman–Crippen MR) is 398 cm³/mol. The van der Waals surface area contributed by atoms with Crippen molar-refractivity contribution in [2.45, 2.75) is 355 Å². The summed E-state index contributed by atoms with van der Waals surface area (Å²) in [7, 11) is 0. The summed E-state index contributed by atoms with van der Waals surface area (Å²) in [5.74, 6) is -5.41. The van der Waals surface area contributed by atoms with Crippen molar-refractivity contribution < 1.29 is 246 Å². The fourth-order valence-corrected chi connectivity index (χ4v) is 16.6. The summed E-state index contributed by atoms with van der Waals surface area (Å²) in [5.41, 5.74) is 0. The summed E-state index contributed by atoms with van der Waals surface area (Å²) < 4.78 is 114. The van der Waals surface area contributed by atoms with Crippen molar-refractivity contribution in [3.63, 3.8) is 0 Å². The average Bonchev–Trinajstić information content (AvgIpc) is 0.764. The van der Waals surface area contributed by atoms with Crippen LogP contribution in [-0.4, -0.2) is 529 Å². The lowest BCUT2D eigenvalue weighted by molar-refractivity contribution is -0.398. The number of hydrogen-bond donors (Lipinski definition) is 31. The Hall–Kier alpha value is -4.94. The maximum absolute atomic E-state index is 13.3. The van der Waals surface area contributed by atoms with E-state index >= 15 is 0 Å². The first-order chi connectivity index (χ1) is 60.5. The van der Waals surface area contributed by atoms with Crippen LogP contribution in [0.1, 0.15) is 48.5 Å². The number of nitrogens with one attached hydrogen (secondary N) is 6. The van der Waals surface area contributed by atoms with Gasteiger partial charge >= 0.3 is 0 Å². The van der Waals surface area contributed by atoms with Crippen molar-refractivity contribution in [2.24, 2.45) is 0 Å². The van der Waals surface area contributed by atoms with Crippen LogP contribution in [0.4, 0.5) is 0 Å². The van der Waals surface area contributed by atoms with Crippen LogP contribution in [0.2, 0.25) is 0 Å². The molecule has 56 nitrogen and oxygen atoms in total. The maximum Gasteiger partial charge on any atom is 0.217 e. The summed E-state index contributed by atoms with van der Waals surface area (Å²) >= 11 is 0. The second-order valence-corrected chi connectivity index (χ2v) is 32.5. The Morgan fingerprint density at radius 3 is 0.852 bits per heavy atom. The van der Waals surface area contributed by atoms with Crippen LogP contribution in [0.15, 0.2) is 0 Å². The molecule has 56 heteroatoms. The number of ether oxygens (including phenoxy) is 19. The molecular weight excluding hydrogens is 1750 g/mol. The largest absolute Gasteiger partial charge is 0.394 e. The lowest BCUT2D eigenvalue weighted by Crippen LogP contribution is -2.71. The molecule has 0 unspecified atom stereocenters. The number of aliphatic hydroxyl groups excluding tert-OH is 25. The molecule has 0 bridgehead atoms. The summed E-state index contributed by atoms with van der Waals surface area (Å²) in [6.07, 6.45) is -90.9. The second kappa shape index (κ2) is 46.1. The minimum atomic E-state index is -2.64. The quantitative estimate of drug-likeness (QED) is 0.0290. The van der Waals surface area contributed by atoms with Gasteiger partial charge in [-0.3, -0.25) is 28.8 Å². The van der Waals surface area contributed by atoms with E-state index < -0.39 is 402 Å². The zero-order chi connectivity index (χ0) is 94.4. The Morgan fingerprint density at radius 1 is 0.219 bits per heavy atom. The van der Waals surface area contributed by atoms with Crippen molar-refractivity contribution in [3.8, 4) is 0 Å². The van der Waals surface area contributed by atoms with E-state index in [0.717, 1.165) is 41.5 Å². The van der Waals surface area contributed by atoms with Gasteiger partial charge in [0.25, 0.3) is 0 Å². The molecule has 738 valence electrons. The van der Waals surface area contributed by atoms with E-state index in [2.05, 4.69) is 31.9 Å². The highest BCUT2D eigenvalue weighted by Crippen LogP contribution is 2.41. The number of hydrogen-bond acceptors (Lipinski definition) is 50. The molecule has 50 atom stereocenters.